The molecule has 0 spiro atoms. The second-order valence-corrected chi connectivity index (χ2v) is 4.96. The van der Waals surface area contributed by atoms with Crippen LogP contribution in [0, 0.1) is 13.8 Å². The van der Waals surface area contributed by atoms with Gasteiger partial charge in [0.1, 0.15) is 17.5 Å². The molecule has 0 aliphatic rings. The maximum absolute atomic E-state index is 4.59. The molecular weight excluding hydrogens is 264 g/mol. The standard InChI is InChI=1S/C15H22N6/c1-5-6-13-20-14(16-4)11(3)15(21-13)19-9-12-8-17-10(2)7-18-12/h7-8H,5-6,9H2,1-4H3,(H2,16,19,20,21). The van der Waals surface area contributed by atoms with Crippen molar-refractivity contribution in [2.24, 2.45) is 0 Å². The molecule has 0 bridgehead atoms. The van der Waals surface area contributed by atoms with E-state index in [0.29, 0.717) is 6.54 Å². The Morgan fingerprint density at radius 3 is 2.43 bits per heavy atom. The summed E-state index contributed by atoms with van der Waals surface area (Å²) in [5.74, 6) is 2.57. The van der Waals surface area contributed by atoms with Gasteiger partial charge in [-0.15, -0.1) is 0 Å². The van der Waals surface area contributed by atoms with Crippen molar-refractivity contribution < 1.29 is 0 Å². The van der Waals surface area contributed by atoms with Crippen molar-refractivity contribution in [3.05, 3.63) is 35.2 Å². The lowest BCUT2D eigenvalue weighted by Gasteiger charge is -2.13. The van der Waals surface area contributed by atoms with Gasteiger partial charge in [-0.25, -0.2) is 9.97 Å². The summed E-state index contributed by atoms with van der Waals surface area (Å²) in [7, 11) is 1.88. The highest BCUT2D eigenvalue weighted by Crippen LogP contribution is 2.20. The molecule has 0 radical (unpaired) electrons. The van der Waals surface area contributed by atoms with Crippen LogP contribution < -0.4 is 10.6 Å². The molecule has 6 nitrogen and oxygen atoms in total. The number of hydrogen-bond acceptors (Lipinski definition) is 6. The van der Waals surface area contributed by atoms with E-state index in [2.05, 4.69) is 37.5 Å². The van der Waals surface area contributed by atoms with E-state index in [1.54, 1.807) is 12.4 Å². The summed E-state index contributed by atoms with van der Waals surface area (Å²) in [4.78, 5) is 17.7. The Bertz CT molecular complexity index is 594. The van der Waals surface area contributed by atoms with E-state index in [0.717, 1.165) is 47.3 Å². The van der Waals surface area contributed by atoms with Crippen LogP contribution in [0.3, 0.4) is 0 Å². The summed E-state index contributed by atoms with van der Waals surface area (Å²) >= 11 is 0. The summed E-state index contributed by atoms with van der Waals surface area (Å²) in [5.41, 5.74) is 2.82. The molecular formula is C15H22N6. The second-order valence-electron chi connectivity index (χ2n) is 4.96. The highest BCUT2D eigenvalue weighted by Gasteiger charge is 2.09. The fraction of sp³-hybridized carbons (Fsp3) is 0.467. The highest BCUT2D eigenvalue weighted by molar-refractivity contribution is 5.57. The molecule has 2 heterocycles. The van der Waals surface area contributed by atoms with Crippen molar-refractivity contribution in [3.8, 4) is 0 Å². The minimum absolute atomic E-state index is 0.597. The maximum atomic E-state index is 4.59. The molecule has 0 atom stereocenters. The van der Waals surface area contributed by atoms with Crippen molar-refractivity contribution in [1.82, 2.24) is 19.9 Å². The molecule has 0 saturated heterocycles. The fourth-order valence-electron chi connectivity index (χ4n) is 2.00. The zero-order chi connectivity index (χ0) is 15.2. The number of nitrogens with one attached hydrogen (secondary N) is 2. The van der Waals surface area contributed by atoms with Gasteiger partial charge in [0.2, 0.25) is 0 Å². The molecule has 2 aromatic heterocycles. The topological polar surface area (TPSA) is 75.6 Å². The predicted octanol–water partition coefficient (Wildman–Crippen LogP) is 2.49. The average Bonchev–Trinajstić information content (AvgIpc) is 2.49. The maximum Gasteiger partial charge on any atom is 0.135 e. The quantitative estimate of drug-likeness (QED) is 0.849. The second kappa shape index (κ2) is 6.97. The minimum Gasteiger partial charge on any atom is -0.373 e. The first-order valence-corrected chi connectivity index (χ1v) is 7.20. The van der Waals surface area contributed by atoms with Crippen molar-refractivity contribution in [2.45, 2.75) is 40.2 Å². The lowest BCUT2D eigenvalue weighted by molar-refractivity contribution is 0.830. The Morgan fingerprint density at radius 2 is 1.81 bits per heavy atom. The van der Waals surface area contributed by atoms with Crippen LogP contribution in [0.2, 0.25) is 0 Å². The van der Waals surface area contributed by atoms with E-state index in [4.69, 9.17) is 0 Å². The largest absolute Gasteiger partial charge is 0.373 e. The molecule has 0 saturated carbocycles. The Hall–Kier alpha value is -2.24. The molecule has 0 aliphatic carbocycles. The molecule has 0 aliphatic heterocycles. The van der Waals surface area contributed by atoms with E-state index < -0.39 is 0 Å². The van der Waals surface area contributed by atoms with E-state index in [9.17, 15) is 0 Å². The van der Waals surface area contributed by atoms with Gasteiger partial charge in [0.05, 0.1) is 24.1 Å². The zero-order valence-corrected chi connectivity index (χ0v) is 13.1. The van der Waals surface area contributed by atoms with Gasteiger partial charge >= 0.3 is 0 Å². The number of anilines is 2. The van der Waals surface area contributed by atoms with Gasteiger partial charge in [0, 0.05) is 25.2 Å². The van der Waals surface area contributed by atoms with Crippen molar-refractivity contribution in [1.29, 1.82) is 0 Å². The molecule has 112 valence electrons. The number of hydrogen-bond donors (Lipinski definition) is 2. The van der Waals surface area contributed by atoms with E-state index in [-0.39, 0.29) is 0 Å². The first kappa shape index (κ1) is 15.2. The highest BCUT2D eigenvalue weighted by atomic mass is 15.1. The monoisotopic (exact) mass is 286 g/mol. The van der Waals surface area contributed by atoms with Crippen LogP contribution in [0.4, 0.5) is 11.6 Å². The number of aryl methyl sites for hydroxylation is 2. The Balaban J connectivity index is 2.17. The molecule has 0 unspecified atom stereocenters. The van der Waals surface area contributed by atoms with E-state index in [1.807, 2.05) is 20.9 Å². The molecule has 21 heavy (non-hydrogen) atoms. The molecule has 0 fully saturated rings. The van der Waals surface area contributed by atoms with Gasteiger partial charge in [-0.05, 0) is 20.3 Å². The van der Waals surface area contributed by atoms with E-state index in [1.165, 1.54) is 0 Å². The summed E-state index contributed by atoms with van der Waals surface area (Å²) in [6, 6.07) is 0. The number of nitrogens with zero attached hydrogens (tertiary/aromatic N) is 4. The Kier molecular flexibility index (Phi) is 5.03. The van der Waals surface area contributed by atoms with E-state index >= 15 is 0 Å². The van der Waals surface area contributed by atoms with Crippen LogP contribution in [-0.4, -0.2) is 27.0 Å². The van der Waals surface area contributed by atoms with Crippen molar-refractivity contribution in [2.75, 3.05) is 17.7 Å². The van der Waals surface area contributed by atoms with Gasteiger partial charge in [-0.3, -0.25) is 9.97 Å². The molecule has 2 N–H and O–H groups in total. The smallest absolute Gasteiger partial charge is 0.135 e. The summed E-state index contributed by atoms with van der Waals surface area (Å²) in [5, 5.41) is 6.45. The van der Waals surface area contributed by atoms with Crippen molar-refractivity contribution >= 4 is 11.6 Å². The molecule has 2 aromatic rings. The van der Waals surface area contributed by atoms with Crippen LogP contribution in [0.25, 0.3) is 0 Å². The Morgan fingerprint density at radius 1 is 1.05 bits per heavy atom. The molecule has 0 aromatic carbocycles. The normalized spacial score (nSPS) is 10.5. The van der Waals surface area contributed by atoms with Crippen LogP contribution in [-0.2, 0) is 13.0 Å². The third-order valence-corrected chi connectivity index (χ3v) is 3.17. The zero-order valence-electron chi connectivity index (χ0n) is 13.1. The summed E-state index contributed by atoms with van der Waals surface area (Å²) < 4.78 is 0. The Labute approximate surface area is 125 Å². The van der Waals surface area contributed by atoms with Gasteiger partial charge in [-0.1, -0.05) is 6.92 Å². The van der Waals surface area contributed by atoms with Gasteiger partial charge < -0.3 is 10.6 Å². The lowest BCUT2D eigenvalue weighted by Crippen LogP contribution is -2.10. The van der Waals surface area contributed by atoms with Crippen LogP contribution in [0.15, 0.2) is 12.4 Å². The number of aromatic nitrogens is 4. The van der Waals surface area contributed by atoms with Gasteiger partial charge in [0.15, 0.2) is 0 Å². The predicted molar refractivity (Wildman–Crippen MR) is 84.4 cm³/mol. The summed E-state index contributed by atoms with van der Waals surface area (Å²) in [6.07, 6.45) is 5.44. The first-order valence-electron chi connectivity index (χ1n) is 7.20. The third-order valence-electron chi connectivity index (χ3n) is 3.17. The number of rotatable bonds is 6. The van der Waals surface area contributed by atoms with Gasteiger partial charge in [0.25, 0.3) is 0 Å². The van der Waals surface area contributed by atoms with Gasteiger partial charge in [-0.2, -0.15) is 0 Å². The van der Waals surface area contributed by atoms with Crippen LogP contribution >= 0.6 is 0 Å². The third kappa shape index (κ3) is 3.87. The first-order chi connectivity index (χ1) is 10.1. The summed E-state index contributed by atoms with van der Waals surface area (Å²) in [6.45, 7) is 6.65. The SMILES string of the molecule is CCCc1nc(NC)c(C)c(NCc2cnc(C)cn2)n1. The fourth-order valence-corrected chi connectivity index (χ4v) is 2.00. The van der Waals surface area contributed by atoms with Crippen molar-refractivity contribution in [3.63, 3.8) is 0 Å². The van der Waals surface area contributed by atoms with Crippen LogP contribution in [0.5, 0.6) is 0 Å². The lowest BCUT2D eigenvalue weighted by atomic mass is 10.2. The molecule has 6 heteroatoms. The average molecular weight is 286 g/mol. The minimum atomic E-state index is 0.597. The molecule has 0 amide bonds. The van der Waals surface area contributed by atoms with Crippen LogP contribution in [0.1, 0.15) is 36.1 Å². The molecule has 2 rings (SSSR count).